The van der Waals surface area contributed by atoms with Crippen LogP contribution >= 0.6 is 0 Å². The fraction of sp³-hybridized carbons (Fsp3) is 0.556. The Morgan fingerprint density at radius 1 is 1.20 bits per heavy atom. The SMILES string of the molecule is CCCCNc1ncc2c(n1)N(C1CCC(NC(=O)OC(C)(C)C)CC1)Cc1cc(C=O)ccc1-2. The number of carbonyl (C=O) groups excluding carboxylic acids is 2. The molecule has 0 bridgehead atoms. The number of alkyl carbamates (subject to hydrolysis) is 1. The van der Waals surface area contributed by atoms with Crippen LogP contribution in [0.4, 0.5) is 16.6 Å². The Morgan fingerprint density at radius 3 is 2.66 bits per heavy atom. The molecule has 35 heavy (non-hydrogen) atoms. The van der Waals surface area contributed by atoms with E-state index < -0.39 is 5.60 Å². The van der Waals surface area contributed by atoms with Gasteiger partial charge >= 0.3 is 6.09 Å². The fourth-order valence-electron chi connectivity index (χ4n) is 4.89. The summed E-state index contributed by atoms with van der Waals surface area (Å²) in [6.07, 6.45) is 8.25. The first-order valence-corrected chi connectivity index (χ1v) is 12.7. The Morgan fingerprint density at radius 2 is 1.97 bits per heavy atom. The normalized spacial score (nSPS) is 19.4. The first kappa shape index (κ1) is 24.9. The minimum atomic E-state index is -0.505. The first-order chi connectivity index (χ1) is 16.8. The number of nitrogens with zero attached hydrogens (tertiary/aromatic N) is 3. The number of amides is 1. The number of rotatable bonds is 7. The van der Waals surface area contributed by atoms with Crippen LogP contribution in [0.5, 0.6) is 0 Å². The van der Waals surface area contributed by atoms with E-state index in [1.165, 1.54) is 0 Å². The van der Waals surface area contributed by atoms with Gasteiger partial charge in [-0.25, -0.2) is 9.78 Å². The number of anilines is 2. The van der Waals surface area contributed by atoms with Crippen LogP contribution in [0.15, 0.2) is 24.4 Å². The van der Waals surface area contributed by atoms with Crippen LogP contribution in [0.25, 0.3) is 11.1 Å². The van der Waals surface area contributed by atoms with E-state index in [1.807, 2.05) is 45.2 Å². The minimum absolute atomic E-state index is 0.107. The zero-order valence-electron chi connectivity index (χ0n) is 21.3. The molecule has 2 heterocycles. The van der Waals surface area contributed by atoms with Gasteiger partial charge in [0.25, 0.3) is 0 Å². The van der Waals surface area contributed by atoms with Crippen LogP contribution in [-0.2, 0) is 11.3 Å². The summed E-state index contributed by atoms with van der Waals surface area (Å²) in [6.45, 7) is 9.32. The number of aromatic nitrogens is 2. The number of hydrogen-bond donors (Lipinski definition) is 2. The van der Waals surface area contributed by atoms with E-state index >= 15 is 0 Å². The molecule has 8 nitrogen and oxygen atoms in total. The molecule has 4 rings (SSSR count). The molecule has 0 unspecified atom stereocenters. The molecule has 1 aliphatic heterocycles. The average molecular weight is 480 g/mol. The van der Waals surface area contributed by atoms with E-state index in [1.54, 1.807) is 0 Å². The molecule has 1 amide bonds. The van der Waals surface area contributed by atoms with Gasteiger partial charge in [0, 0.05) is 42.5 Å². The standard InChI is InChI=1S/C27H37N5O3/c1-5-6-13-28-25-29-15-23-22-12-7-18(17-33)14-19(22)16-32(24(23)31-25)21-10-8-20(9-11-21)30-26(34)35-27(2,3)4/h7,12,14-15,17,20-21H,5-6,8-11,13,16H2,1-4H3,(H,30,34)(H,28,29,31). The van der Waals surface area contributed by atoms with Crippen LogP contribution in [0, 0.1) is 0 Å². The van der Waals surface area contributed by atoms with Gasteiger partial charge in [0.05, 0.1) is 0 Å². The van der Waals surface area contributed by atoms with Gasteiger partial charge in [-0.15, -0.1) is 0 Å². The average Bonchev–Trinajstić information content (AvgIpc) is 2.82. The predicted octanol–water partition coefficient (Wildman–Crippen LogP) is 5.32. The maximum Gasteiger partial charge on any atom is 0.407 e. The lowest BCUT2D eigenvalue weighted by molar-refractivity contribution is 0.0491. The molecular formula is C27H37N5O3. The summed E-state index contributed by atoms with van der Waals surface area (Å²) in [4.78, 5) is 35.5. The van der Waals surface area contributed by atoms with Crippen molar-refractivity contribution in [2.75, 3.05) is 16.8 Å². The van der Waals surface area contributed by atoms with Gasteiger partial charge in [0.2, 0.25) is 5.95 Å². The van der Waals surface area contributed by atoms with Gasteiger partial charge in [-0.1, -0.05) is 25.5 Å². The highest BCUT2D eigenvalue weighted by molar-refractivity contribution is 5.85. The van der Waals surface area contributed by atoms with E-state index in [-0.39, 0.29) is 18.2 Å². The molecule has 1 aromatic carbocycles. The topological polar surface area (TPSA) is 96.5 Å². The van der Waals surface area contributed by atoms with Gasteiger partial charge in [-0.3, -0.25) is 4.79 Å². The van der Waals surface area contributed by atoms with E-state index in [2.05, 4.69) is 27.4 Å². The van der Waals surface area contributed by atoms with Crippen molar-refractivity contribution < 1.29 is 14.3 Å². The molecule has 1 fully saturated rings. The zero-order chi connectivity index (χ0) is 25.0. The summed E-state index contributed by atoms with van der Waals surface area (Å²) in [6, 6.07) is 6.23. The third kappa shape index (κ3) is 6.10. The Labute approximate surface area is 207 Å². The molecule has 1 aliphatic carbocycles. The molecule has 188 valence electrons. The van der Waals surface area contributed by atoms with Crippen LogP contribution in [0.3, 0.4) is 0 Å². The Kier molecular flexibility index (Phi) is 7.57. The summed E-state index contributed by atoms with van der Waals surface area (Å²) >= 11 is 0. The number of fused-ring (bicyclic) bond motifs is 3. The van der Waals surface area contributed by atoms with E-state index in [9.17, 15) is 9.59 Å². The van der Waals surface area contributed by atoms with E-state index in [0.29, 0.717) is 18.1 Å². The van der Waals surface area contributed by atoms with Gasteiger partial charge in [-0.05, 0) is 70.1 Å². The Bertz CT molecular complexity index is 1060. The van der Waals surface area contributed by atoms with Crippen LogP contribution in [0.2, 0.25) is 0 Å². The van der Waals surface area contributed by atoms with Crippen molar-refractivity contribution in [1.82, 2.24) is 15.3 Å². The smallest absolute Gasteiger partial charge is 0.407 e. The van der Waals surface area contributed by atoms with Gasteiger partial charge in [-0.2, -0.15) is 4.98 Å². The first-order valence-electron chi connectivity index (χ1n) is 12.7. The highest BCUT2D eigenvalue weighted by Crippen LogP contribution is 2.41. The quantitative estimate of drug-likeness (QED) is 0.409. The third-order valence-electron chi connectivity index (χ3n) is 6.61. The Balaban J connectivity index is 1.53. The summed E-state index contributed by atoms with van der Waals surface area (Å²) in [5.74, 6) is 1.59. The summed E-state index contributed by atoms with van der Waals surface area (Å²) in [5.41, 5.74) is 3.37. The lowest BCUT2D eigenvalue weighted by Gasteiger charge is -2.41. The number of carbonyl (C=O) groups is 2. The maximum absolute atomic E-state index is 12.2. The summed E-state index contributed by atoms with van der Waals surface area (Å²) < 4.78 is 5.43. The van der Waals surface area contributed by atoms with E-state index in [4.69, 9.17) is 9.72 Å². The highest BCUT2D eigenvalue weighted by atomic mass is 16.6. The van der Waals surface area contributed by atoms with Crippen molar-refractivity contribution in [3.8, 4) is 11.1 Å². The largest absolute Gasteiger partial charge is 0.444 e. The molecule has 0 saturated heterocycles. The molecule has 0 atom stereocenters. The second-order valence-corrected chi connectivity index (χ2v) is 10.5. The summed E-state index contributed by atoms with van der Waals surface area (Å²) in [5, 5.41) is 6.38. The molecule has 2 aromatic rings. The zero-order valence-corrected chi connectivity index (χ0v) is 21.3. The molecule has 1 saturated carbocycles. The number of benzene rings is 1. The number of hydrogen-bond acceptors (Lipinski definition) is 7. The van der Waals surface area contributed by atoms with E-state index in [0.717, 1.165) is 73.9 Å². The second kappa shape index (κ2) is 10.6. The number of unbranched alkanes of at least 4 members (excludes halogenated alkanes) is 1. The van der Waals surface area contributed by atoms with Crippen LogP contribution in [-0.4, -0.2) is 46.6 Å². The van der Waals surface area contributed by atoms with Gasteiger partial charge in [0.1, 0.15) is 17.7 Å². The molecule has 2 aliphatic rings. The number of nitrogens with one attached hydrogen (secondary N) is 2. The number of aldehydes is 1. The molecule has 0 radical (unpaired) electrons. The third-order valence-corrected chi connectivity index (χ3v) is 6.61. The molecule has 0 spiro atoms. The molecule has 1 aromatic heterocycles. The van der Waals surface area contributed by atoms with Crippen LogP contribution in [0.1, 0.15) is 82.1 Å². The molecule has 2 N–H and O–H groups in total. The van der Waals surface area contributed by atoms with Crippen molar-refractivity contribution in [3.63, 3.8) is 0 Å². The monoisotopic (exact) mass is 479 g/mol. The predicted molar refractivity (Wildman–Crippen MR) is 138 cm³/mol. The second-order valence-electron chi connectivity index (χ2n) is 10.5. The lowest BCUT2D eigenvalue weighted by atomic mass is 9.87. The molecular weight excluding hydrogens is 442 g/mol. The Hall–Kier alpha value is -3.16. The van der Waals surface area contributed by atoms with Crippen molar-refractivity contribution >= 4 is 24.1 Å². The van der Waals surface area contributed by atoms with Crippen molar-refractivity contribution in [2.24, 2.45) is 0 Å². The van der Waals surface area contributed by atoms with Crippen molar-refractivity contribution in [2.45, 2.75) is 90.4 Å². The van der Waals surface area contributed by atoms with Gasteiger partial charge in [0.15, 0.2) is 0 Å². The lowest BCUT2D eigenvalue weighted by Crippen LogP contribution is -2.46. The maximum atomic E-state index is 12.2. The van der Waals surface area contributed by atoms with Gasteiger partial charge < -0.3 is 20.3 Å². The van der Waals surface area contributed by atoms with Crippen LogP contribution < -0.4 is 15.5 Å². The van der Waals surface area contributed by atoms with Crippen molar-refractivity contribution in [1.29, 1.82) is 0 Å². The highest BCUT2D eigenvalue weighted by Gasteiger charge is 2.33. The number of ether oxygens (including phenoxy) is 1. The van der Waals surface area contributed by atoms with Crippen molar-refractivity contribution in [3.05, 3.63) is 35.5 Å². The summed E-state index contributed by atoms with van der Waals surface area (Å²) in [7, 11) is 0. The minimum Gasteiger partial charge on any atom is -0.444 e. The molecule has 8 heteroatoms. The fourth-order valence-corrected chi connectivity index (χ4v) is 4.89.